The molecular formula is C26H30ClN3O3. The van der Waals surface area contributed by atoms with Crippen molar-refractivity contribution in [3.8, 4) is 0 Å². The van der Waals surface area contributed by atoms with Crippen LogP contribution in [-0.4, -0.2) is 39.4 Å². The van der Waals surface area contributed by atoms with Gasteiger partial charge >= 0.3 is 0 Å². The van der Waals surface area contributed by atoms with Gasteiger partial charge in [0.25, 0.3) is 5.91 Å². The molecule has 7 heteroatoms. The van der Waals surface area contributed by atoms with Crippen LogP contribution >= 0.6 is 11.6 Å². The average Bonchev–Trinajstić information content (AvgIpc) is 3.39. The van der Waals surface area contributed by atoms with E-state index in [0.717, 1.165) is 30.3 Å². The Hall–Kier alpha value is -2.73. The molecule has 1 aromatic carbocycles. The fourth-order valence-corrected chi connectivity index (χ4v) is 5.50. The molecule has 1 aliphatic heterocycles. The van der Waals surface area contributed by atoms with Gasteiger partial charge in [0.2, 0.25) is 5.91 Å². The van der Waals surface area contributed by atoms with Crippen LogP contribution in [0.25, 0.3) is 11.1 Å². The Morgan fingerprint density at radius 1 is 1.21 bits per heavy atom. The van der Waals surface area contributed by atoms with Crippen molar-refractivity contribution in [3.63, 3.8) is 0 Å². The highest BCUT2D eigenvalue weighted by Gasteiger charge is 2.48. The van der Waals surface area contributed by atoms with Gasteiger partial charge in [0, 0.05) is 29.7 Å². The van der Waals surface area contributed by atoms with Gasteiger partial charge < -0.3 is 19.2 Å². The topological polar surface area (TPSA) is 67.5 Å². The molecule has 0 bridgehead atoms. The smallest absolute Gasteiger partial charge is 0.271 e. The Morgan fingerprint density at radius 3 is 2.73 bits per heavy atom. The van der Waals surface area contributed by atoms with Crippen molar-refractivity contribution < 1.29 is 14.0 Å². The third kappa shape index (κ3) is 3.95. The van der Waals surface area contributed by atoms with E-state index in [1.54, 1.807) is 17.2 Å². The number of halogens is 1. The lowest BCUT2D eigenvalue weighted by Gasteiger charge is -2.45. The van der Waals surface area contributed by atoms with Crippen LogP contribution in [0.15, 0.2) is 47.1 Å². The summed E-state index contributed by atoms with van der Waals surface area (Å²) >= 11 is 6.03. The van der Waals surface area contributed by atoms with Crippen LogP contribution in [-0.2, 0) is 17.8 Å². The molecule has 2 amide bonds. The zero-order chi connectivity index (χ0) is 23.2. The van der Waals surface area contributed by atoms with Crippen LogP contribution < -0.4 is 5.32 Å². The monoisotopic (exact) mass is 467 g/mol. The Balaban J connectivity index is 1.47. The molecule has 0 unspecified atom stereocenters. The van der Waals surface area contributed by atoms with Crippen LogP contribution in [0.1, 0.15) is 55.6 Å². The number of benzene rings is 1. The number of furan rings is 1. The molecule has 3 heterocycles. The Labute approximate surface area is 198 Å². The number of nitrogens with zero attached hydrogens (tertiary/aromatic N) is 2. The summed E-state index contributed by atoms with van der Waals surface area (Å²) in [6, 6.07) is 11.4. The number of nitrogens with one attached hydrogen (secondary N) is 1. The van der Waals surface area contributed by atoms with Crippen LogP contribution in [0, 0.1) is 5.92 Å². The van der Waals surface area contributed by atoms with Crippen molar-refractivity contribution in [3.05, 3.63) is 58.9 Å². The summed E-state index contributed by atoms with van der Waals surface area (Å²) in [5.74, 6) is 0.216. The van der Waals surface area contributed by atoms with E-state index in [9.17, 15) is 9.59 Å². The SMILES string of the molecule is C[C@@H]1CCCC[C@H]1NC(=O)[C@@]1(C)Cn2c(cc3occc32)C(=O)N1CCc1ccc(Cl)cc1. The number of hydrogen-bond acceptors (Lipinski definition) is 3. The van der Waals surface area contributed by atoms with Gasteiger partial charge in [0.1, 0.15) is 11.2 Å². The minimum Gasteiger partial charge on any atom is -0.463 e. The lowest BCUT2D eigenvalue weighted by Crippen LogP contribution is -2.65. The Morgan fingerprint density at radius 2 is 1.97 bits per heavy atom. The quantitative estimate of drug-likeness (QED) is 0.571. The summed E-state index contributed by atoms with van der Waals surface area (Å²) in [5.41, 5.74) is 2.15. The molecule has 33 heavy (non-hydrogen) atoms. The highest BCUT2D eigenvalue weighted by atomic mass is 35.5. The molecule has 3 atom stereocenters. The first kappa shape index (κ1) is 22.1. The second kappa shape index (κ2) is 8.56. The molecule has 1 aliphatic carbocycles. The molecule has 0 spiro atoms. The van der Waals surface area contributed by atoms with Crippen molar-refractivity contribution in [2.24, 2.45) is 5.92 Å². The highest BCUT2D eigenvalue weighted by molar-refractivity contribution is 6.30. The zero-order valence-electron chi connectivity index (χ0n) is 19.1. The number of amides is 2. The van der Waals surface area contributed by atoms with Crippen molar-refractivity contribution in [2.45, 2.75) is 64.1 Å². The average molecular weight is 468 g/mol. The third-order valence-corrected chi connectivity index (χ3v) is 7.76. The van der Waals surface area contributed by atoms with E-state index in [-0.39, 0.29) is 17.9 Å². The van der Waals surface area contributed by atoms with Crippen molar-refractivity contribution in [2.75, 3.05) is 6.54 Å². The van der Waals surface area contributed by atoms with E-state index in [0.29, 0.717) is 41.7 Å². The standard InChI is InChI=1S/C26H30ClN3O3/c1-17-5-3-4-6-20(17)28-25(32)26(2)16-29-21-12-14-33-23(21)15-22(29)24(31)30(26)13-11-18-7-9-19(27)10-8-18/h7-10,12,14-15,17,20H,3-6,11,13,16H2,1-2H3,(H,28,32)/t17-,20-,26-/m1/s1. The van der Waals surface area contributed by atoms with Gasteiger partial charge in [-0.15, -0.1) is 0 Å². The lowest BCUT2D eigenvalue weighted by atomic mass is 9.85. The molecule has 5 rings (SSSR count). The molecule has 2 aliphatic rings. The van der Waals surface area contributed by atoms with Gasteiger partial charge in [-0.3, -0.25) is 9.59 Å². The predicted molar refractivity (Wildman–Crippen MR) is 128 cm³/mol. The lowest BCUT2D eigenvalue weighted by molar-refractivity contribution is -0.134. The van der Waals surface area contributed by atoms with E-state index < -0.39 is 5.54 Å². The van der Waals surface area contributed by atoms with Crippen molar-refractivity contribution in [1.29, 1.82) is 0 Å². The Kier molecular flexibility index (Phi) is 5.73. The fraction of sp³-hybridized carbons (Fsp3) is 0.462. The van der Waals surface area contributed by atoms with Crippen molar-refractivity contribution >= 4 is 34.5 Å². The molecule has 3 aromatic rings. The number of aromatic nitrogens is 1. The van der Waals surface area contributed by atoms with E-state index in [4.69, 9.17) is 16.0 Å². The second-order valence-electron chi connectivity index (χ2n) is 9.73. The molecular weight excluding hydrogens is 438 g/mol. The maximum absolute atomic E-state index is 13.8. The third-order valence-electron chi connectivity index (χ3n) is 7.50. The molecule has 1 N–H and O–H groups in total. The molecule has 0 saturated heterocycles. The summed E-state index contributed by atoms with van der Waals surface area (Å²) in [6.07, 6.45) is 6.71. The van der Waals surface area contributed by atoms with Gasteiger partial charge in [0.05, 0.1) is 18.3 Å². The fourth-order valence-electron chi connectivity index (χ4n) is 5.37. The largest absolute Gasteiger partial charge is 0.463 e. The van der Waals surface area contributed by atoms with E-state index >= 15 is 0 Å². The van der Waals surface area contributed by atoms with Crippen LogP contribution in [0.4, 0.5) is 0 Å². The minimum absolute atomic E-state index is 0.0818. The number of fused-ring (bicyclic) bond motifs is 3. The molecule has 1 saturated carbocycles. The first-order valence-electron chi connectivity index (χ1n) is 11.8. The Bertz CT molecular complexity index is 1180. The number of carbonyl (C=O) groups is 2. The van der Waals surface area contributed by atoms with Gasteiger partial charge in [0.15, 0.2) is 5.58 Å². The van der Waals surface area contributed by atoms with Gasteiger partial charge in [-0.25, -0.2) is 0 Å². The number of hydrogen-bond donors (Lipinski definition) is 1. The summed E-state index contributed by atoms with van der Waals surface area (Å²) in [6.45, 7) is 4.93. The normalized spacial score (nSPS) is 25.3. The van der Waals surface area contributed by atoms with Crippen LogP contribution in [0.5, 0.6) is 0 Å². The van der Waals surface area contributed by atoms with E-state index in [1.165, 1.54) is 6.42 Å². The van der Waals surface area contributed by atoms with Gasteiger partial charge in [-0.1, -0.05) is 43.5 Å². The maximum atomic E-state index is 13.8. The summed E-state index contributed by atoms with van der Waals surface area (Å²) in [4.78, 5) is 29.2. The summed E-state index contributed by atoms with van der Waals surface area (Å²) in [7, 11) is 0. The number of carbonyl (C=O) groups excluding carboxylic acids is 2. The molecule has 2 aromatic heterocycles. The van der Waals surface area contributed by atoms with Gasteiger partial charge in [-0.2, -0.15) is 0 Å². The van der Waals surface area contributed by atoms with Crippen LogP contribution in [0.2, 0.25) is 5.02 Å². The molecule has 174 valence electrons. The molecule has 1 fully saturated rings. The minimum atomic E-state index is -1.00. The van der Waals surface area contributed by atoms with Crippen molar-refractivity contribution in [1.82, 2.24) is 14.8 Å². The first-order valence-corrected chi connectivity index (χ1v) is 12.2. The molecule has 0 radical (unpaired) electrons. The summed E-state index contributed by atoms with van der Waals surface area (Å²) < 4.78 is 7.49. The zero-order valence-corrected chi connectivity index (χ0v) is 19.9. The first-order chi connectivity index (χ1) is 15.9. The highest BCUT2D eigenvalue weighted by Crippen LogP contribution is 2.34. The molecule has 6 nitrogen and oxygen atoms in total. The van der Waals surface area contributed by atoms with Gasteiger partial charge in [-0.05, 0) is 49.8 Å². The maximum Gasteiger partial charge on any atom is 0.271 e. The second-order valence-corrected chi connectivity index (χ2v) is 10.2. The van der Waals surface area contributed by atoms with E-state index in [2.05, 4.69) is 12.2 Å². The van der Waals surface area contributed by atoms with E-state index in [1.807, 2.05) is 41.8 Å². The number of rotatable bonds is 5. The predicted octanol–water partition coefficient (Wildman–Crippen LogP) is 5.04. The van der Waals surface area contributed by atoms with Crippen LogP contribution in [0.3, 0.4) is 0 Å². The summed E-state index contributed by atoms with van der Waals surface area (Å²) in [5, 5.41) is 3.99.